The molecule has 2 amide bonds. The SMILES string of the molecule is Cc1c(Cl)c(C(=O)NCCNC(=O)CCn2ccc(C(=O)O)n2)nn1C. The van der Waals surface area contributed by atoms with Crippen molar-refractivity contribution >= 4 is 29.4 Å². The normalized spacial score (nSPS) is 10.6. The van der Waals surface area contributed by atoms with Crippen molar-refractivity contribution in [3.8, 4) is 0 Å². The van der Waals surface area contributed by atoms with Gasteiger partial charge in [0.15, 0.2) is 11.4 Å². The van der Waals surface area contributed by atoms with Gasteiger partial charge in [-0.1, -0.05) is 11.6 Å². The molecule has 0 aliphatic carbocycles. The first-order valence-corrected chi connectivity index (χ1v) is 8.18. The Morgan fingerprint density at radius 3 is 2.50 bits per heavy atom. The summed E-state index contributed by atoms with van der Waals surface area (Å²) in [6.07, 6.45) is 1.63. The largest absolute Gasteiger partial charge is 0.476 e. The summed E-state index contributed by atoms with van der Waals surface area (Å²) in [5.41, 5.74) is 0.761. The van der Waals surface area contributed by atoms with E-state index in [-0.39, 0.29) is 43.4 Å². The molecular formula is C15H19ClN6O4. The van der Waals surface area contributed by atoms with Crippen molar-refractivity contribution in [3.05, 3.63) is 34.4 Å². The summed E-state index contributed by atoms with van der Waals surface area (Å²) in [5.74, 6) is -1.77. The summed E-state index contributed by atoms with van der Waals surface area (Å²) >= 11 is 6.03. The third-order valence-corrected chi connectivity index (χ3v) is 4.09. The average molecular weight is 383 g/mol. The molecule has 2 aromatic rings. The summed E-state index contributed by atoms with van der Waals surface area (Å²) in [6, 6.07) is 1.36. The molecule has 0 spiro atoms. The molecule has 11 heteroatoms. The minimum atomic E-state index is -1.12. The van der Waals surface area contributed by atoms with E-state index in [1.807, 2.05) is 0 Å². The van der Waals surface area contributed by atoms with Crippen molar-refractivity contribution in [1.82, 2.24) is 30.2 Å². The zero-order valence-electron chi connectivity index (χ0n) is 14.3. The molecule has 2 rings (SSSR count). The van der Waals surface area contributed by atoms with Gasteiger partial charge < -0.3 is 15.7 Å². The van der Waals surface area contributed by atoms with E-state index in [2.05, 4.69) is 20.8 Å². The molecule has 2 aromatic heterocycles. The van der Waals surface area contributed by atoms with E-state index in [1.54, 1.807) is 14.0 Å². The van der Waals surface area contributed by atoms with Crippen LogP contribution in [-0.2, 0) is 18.4 Å². The molecule has 0 aromatic carbocycles. The Hall–Kier alpha value is -2.88. The van der Waals surface area contributed by atoms with E-state index < -0.39 is 11.9 Å². The summed E-state index contributed by atoms with van der Waals surface area (Å²) < 4.78 is 2.90. The fourth-order valence-corrected chi connectivity index (χ4v) is 2.34. The van der Waals surface area contributed by atoms with Gasteiger partial charge in [-0.15, -0.1) is 0 Å². The van der Waals surface area contributed by atoms with Crippen molar-refractivity contribution in [2.45, 2.75) is 19.9 Å². The molecule has 0 unspecified atom stereocenters. The smallest absolute Gasteiger partial charge is 0.356 e. The number of halogens is 1. The minimum absolute atomic E-state index is 0.0726. The number of aromatic nitrogens is 4. The number of hydrogen-bond donors (Lipinski definition) is 3. The summed E-state index contributed by atoms with van der Waals surface area (Å²) in [6.45, 7) is 2.48. The summed E-state index contributed by atoms with van der Waals surface area (Å²) in [5, 5.41) is 22.2. The monoisotopic (exact) mass is 382 g/mol. The lowest BCUT2D eigenvalue weighted by molar-refractivity contribution is -0.121. The van der Waals surface area contributed by atoms with Crippen LogP contribution >= 0.6 is 11.6 Å². The highest BCUT2D eigenvalue weighted by molar-refractivity contribution is 6.34. The van der Waals surface area contributed by atoms with Crippen LogP contribution in [0, 0.1) is 6.92 Å². The van der Waals surface area contributed by atoms with Crippen LogP contribution in [0.5, 0.6) is 0 Å². The Morgan fingerprint density at radius 1 is 1.23 bits per heavy atom. The lowest BCUT2D eigenvalue weighted by Gasteiger charge is -2.06. The number of aromatic carboxylic acids is 1. The van der Waals surface area contributed by atoms with E-state index in [9.17, 15) is 14.4 Å². The fraction of sp³-hybridized carbons (Fsp3) is 0.400. The van der Waals surface area contributed by atoms with Gasteiger partial charge in [0.25, 0.3) is 5.91 Å². The highest BCUT2D eigenvalue weighted by Gasteiger charge is 2.17. The average Bonchev–Trinajstić information content (AvgIpc) is 3.17. The number of carboxylic acids is 1. The van der Waals surface area contributed by atoms with Gasteiger partial charge in [-0.05, 0) is 13.0 Å². The van der Waals surface area contributed by atoms with Gasteiger partial charge in [0.1, 0.15) is 0 Å². The molecule has 140 valence electrons. The third kappa shape index (κ3) is 4.82. The first-order valence-electron chi connectivity index (χ1n) is 7.80. The molecule has 0 saturated carbocycles. The molecule has 0 aliphatic rings. The van der Waals surface area contributed by atoms with Gasteiger partial charge in [0.05, 0.1) is 10.7 Å². The van der Waals surface area contributed by atoms with E-state index >= 15 is 0 Å². The van der Waals surface area contributed by atoms with Crippen LogP contribution in [0.3, 0.4) is 0 Å². The maximum absolute atomic E-state index is 12.0. The number of rotatable bonds is 8. The Labute approximate surface area is 154 Å². The molecule has 0 fully saturated rings. The zero-order valence-corrected chi connectivity index (χ0v) is 15.1. The highest BCUT2D eigenvalue weighted by atomic mass is 35.5. The predicted octanol–water partition coefficient (Wildman–Crippen LogP) is 0.213. The number of carboxylic acid groups (broad SMARTS) is 1. The fourth-order valence-electron chi connectivity index (χ4n) is 2.09. The Bertz CT molecular complexity index is 828. The molecule has 0 bridgehead atoms. The van der Waals surface area contributed by atoms with Crippen molar-refractivity contribution < 1.29 is 19.5 Å². The van der Waals surface area contributed by atoms with Crippen LogP contribution < -0.4 is 10.6 Å². The second-order valence-electron chi connectivity index (χ2n) is 5.50. The molecule has 10 nitrogen and oxygen atoms in total. The number of carbonyl (C=O) groups excluding carboxylic acids is 2. The first-order chi connectivity index (χ1) is 12.3. The topological polar surface area (TPSA) is 131 Å². The van der Waals surface area contributed by atoms with Crippen LogP contribution in [0.2, 0.25) is 5.02 Å². The second-order valence-corrected chi connectivity index (χ2v) is 5.87. The summed E-state index contributed by atoms with van der Waals surface area (Å²) in [7, 11) is 1.69. The van der Waals surface area contributed by atoms with Gasteiger partial charge in [-0.3, -0.25) is 19.0 Å². The van der Waals surface area contributed by atoms with E-state index in [0.717, 1.165) is 0 Å². The maximum atomic E-state index is 12.0. The van der Waals surface area contributed by atoms with Crippen molar-refractivity contribution in [2.24, 2.45) is 7.05 Å². The number of carbonyl (C=O) groups is 3. The molecule has 2 heterocycles. The lowest BCUT2D eigenvalue weighted by Crippen LogP contribution is -2.35. The van der Waals surface area contributed by atoms with Crippen molar-refractivity contribution in [1.29, 1.82) is 0 Å². The molecule has 0 saturated heterocycles. The number of amides is 2. The predicted molar refractivity (Wildman–Crippen MR) is 92.1 cm³/mol. The quantitative estimate of drug-likeness (QED) is 0.559. The van der Waals surface area contributed by atoms with Crippen LogP contribution in [0.4, 0.5) is 0 Å². The van der Waals surface area contributed by atoms with Crippen LogP contribution in [0.25, 0.3) is 0 Å². The maximum Gasteiger partial charge on any atom is 0.356 e. The number of aryl methyl sites for hydroxylation is 2. The Kier molecular flexibility index (Phi) is 6.34. The Balaban J connectivity index is 1.68. The van der Waals surface area contributed by atoms with Gasteiger partial charge >= 0.3 is 5.97 Å². The summed E-state index contributed by atoms with van der Waals surface area (Å²) in [4.78, 5) is 34.5. The molecule has 0 radical (unpaired) electrons. The number of nitrogens with zero attached hydrogens (tertiary/aromatic N) is 4. The first kappa shape index (κ1) is 19.4. The second kappa shape index (κ2) is 8.48. The minimum Gasteiger partial charge on any atom is -0.476 e. The van der Waals surface area contributed by atoms with Crippen LogP contribution in [0.1, 0.15) is 33.1 Å². The zero-order chi connectivity index (χ0) is 19.3. The Morgan fingerprint density at radius 2 is 1.92 bits per heavy atom. The number of nitrogens with one attached hydrogen (secondary N) is 2. The van der Waals surface area contributed by atoms with Gasteiger partial charge in [-0.25, -0.2) is 4.79 Å². The van der Waals surface area contributed by atoms with Gasteiger partial charge in [0, 0.05) is 39.3 Å². The van der Waals surface area contributed by atoms with Crippen molar-refractivity contribution in [3.63, 3.8) is 0 Å². The molecule has 0 aliphatic heterocycles. The highest BCUT2D eigenvalue weighted by Crippen LogP contribution is 2.18. The molecule has 26 heavy (non-hydrogen) atoms. The molecule has 3 N–H and O–H groups in total. The van der Waals surface area contributed by atoms with Gasteiger partial charge in [-0.2, -0.15) is 10.2 Å². The van der Waals surface area contributed by atoms with Crippen LogP contribution in [0.15, 0.2) is 12.3 Å². The van der Waals surface area contributed by atoms with Crippen LogP contribution in [-0.4, -0.2) is 55.5 Å². The van der Waals surface area contributed by atoms with E-state index in [4.69, 9.17) is 16.7 Å². The van der Waals surface area contributed by atoms with Crippen molar-refractivity contribution in [2.75, 3.05) is 13.1 Å². The van der Waals surface area contributed by atoms with E-state index in [1.165, 1.54) is 21.6 Å². The van der Waals surface area contributed by atoms with Gasteiger partial charge in [0.2, 0.25) is 5.91 Å². The lowest BCUT2D eigenvalue weighted by atomic mass is 10.3. The molecule has 0 atom stereocenters. The number of hydrogen-bond acceptors (Lipinski definition) is 5. The molecular weight excluding hydrogens is 364 g/mol. The standard InChI is InChI=1S/C15H19ClN6O4/c1-9-12(16)13(20-21(9)2)14(24)18-6-5-17-11(23)4-8-22-7-3-10(19-22)15(25)26/h3,7H,4-6,8H2,1-2H3,(H,17,23)(H,18,24)(H,25,26). The van der Waals surface area contributed by atoms with E-state index in [0.29, 0.717) is 10.7 Å². The third-order valence-electron chi connectivity index (χ3n) is 3.64.